The highest BCUT2D eigenvalue weighted by atomic mass is 35.5. The van der Waals surface area contributed by atoms with Gasteiger partial charge in [0.05, 0.1) is 13.2 Å². The van der Waals surface area contributed by atoms with Crippen molar-refractivity contribution in [1.29, 1.82) is 0 Å². The molecule has 2 aliphatic rings. The third kappa shape index (κ3) is 5.35. The molecule has 0 radical (unpaired) electrons. The van der Waals surface area contributed by atoms with Gasteiger partial charge in [-0.2, -0.15) is 0 Å². The number of H-pyrrole nitrogens is 1. The zero-order valence-electron chi connectivity index (χ0n) is 21.3. The molecule has 0 aliphatic carbocycles. The zero-order valence-corrected chi connectivity index (χ0v) is 22.0. The van der Waals surface area contributed by atoms with Gasteiger partial charge in [0, 0.05) is 40.6 Å². The van der Waals surface area contributed by atoms with E-state index in [1.165, 1.54) is 31.4 Å². The first-order valence-electron chi connectivity index (χ1n) is 13.2. The molecule has 3 aromatic rings. The van der Waals surface area contributed by atoms with E-state index in [9.17, 15) is 4.79 Å². The molecule has 1 amide bonds. The number of nitrogens with one attached hydrogen (secondary N) is 1. The summed E-state index contributed by atoms with van der Waals surface area (Å²) in [6.07, 6.45) is 5.02. The summed E-state index contributed by atoms with van der Waals surface area (Å²) in [5, 5.41) is 1.84. The number of hydrogen-bond donors (Lipinski definition) is 1. The van der Waals surface area contributed by atoms with Crippen molar-refractivity contribution in [2.24, 2.45) is 5.92 Å². The van der Waals surface area contributed by atoms with Crippen molar-refractivity contribution < 1.29 is 14.3 Å². The fourth-order valence-electron chi connectivity index (χ4n) is 5.61. The summed E-state index contributed by atoms with van der Waals surface area (Å²) in [6.45, 7) is 6.00. The van der Waals surface area contributed by atoms with Crippen LogP contribution in [0.5, 0.6) is 5.75 Å². The van der Waals surface area contributed by atoms with Crippen LogP contribution in [-0.4, -0.2) is 60.8 Å². The molecule has 2 unspecified atom stereocenters. The third-order valence-electron chi connectivity index (χ3n) is 7.41. The molecule has 5 rings (SSSR count). The van der Waals surface area contributed by atoms with Crippen LogP contribution in [0, 0.1) is 5.92 Å². The van der Waals surface area contributed by atoms with Crippen LogP contribution in [0.3, 0.4) is 0 Å². The number of rotatable bonds is 6. The largest absolute Gasteiger partial charge is 0.493 e. The second-order valence-electron chi connectivity index (χ2n) is 10.2. The molecule has 36 heavy (non-hydrogen) atoms. The third-order valence-corrected chi connectivity index (χ3v) is 7.64. The molecule has 1 aromatic heterocycles. The van der Waals surface area contributed by atoms with Gasteiger partial charge >= 0.3 is 6.09 Å². The quantitative estimate of drug-likeness (QED) is 0.416. The van der Waals surface area contributed by atoms with Gasteiger partial charge in [0.25, 0.3) is 0 Å². The second-order valence-corrected chi connectivity index (χ2v) is 10.6. The van der Waals surface area contributed by atoms with E-state index in [4.69, 9.17) is 21.1 Å². The number of likely N-dealkylation sites (tertiary alicyclic amines) is 1. The van der Waals surface area contributed by atoms with E-state index in [1.807, 2.05) is 42.2 Å². The number of nitrogens with zero attached hydrogens (tertiary/aromatic N) is 2. The van der Waals surface area contributed by atoms with Crippen molar-refractivity contribution in [1.82, 2.24) is 14.8 Å². The molecular weight excluding hydrogens is 474 g/mol. The van der Waals surface area contributed by atoms with Gasteiger partial charge in [0.1, 0.15) is 11.8 Å². The summed E-state index contributed by atoms with van der Waals surface area (Å²) in [7, 11) is 2.20. The van der Waals surface area contributed by atoms with E-state index in [0.29, 0.717) is 24.1 Å². The molecule has 6 nitrogen and oxygen atoms in total. The fraction of sp³-hybridized carbons (Fsp3) is 0.483. The molecule has 2 aliphatic heterocycles. The predicted octanol–water partition coefficient (Wildman–Crippen LogP) is 6.43. The first kappa shape index (κ1) is 25.0. The maximum atomic E-state index is 13.1. The zero-order chi connectivity index (χ0) is 25.1. The van der Waals surface area contributed by atoms with E-state index < -0.39 is 0 Å². The number of benzene rings is 2. The number of carbonyl (C=O) groups is 1. The summed E-state index contributed by atoms with van der Waals surface area (Å²) in [5.41, 5.74) is 4.31. The van der Waals surface area contributed by atoms with E-state index in [0.717, 1.165) is 53.9 Å². The Morgan fingerprint density at radius 2 is 1.97 bits per heavy atom. The Hall–Kier alpha value is -2.70. The van der Waals surface area contributed by atoms with Crippen LogP contribution in [0.2, 0.25) is 5.02 Å². The minimum absolute atomic E-state index is 0.256. The number of fused-ring (bicyclic) bond motifs is 3. The Bertz CT molecular complexity index is 1190. The molecule has 0 saturated carbocycles. The number of hydrogen-bond acceptors (Lipinski definition) is 4. The predicted molar refractivity (Wildman–Crippen MR) is 144 cm³/mol. The van der Waals surface area contributed by atoms with Crippen LogP contribution < -0.4 is 4.74 Å². The summed E-state index contributed by atoms with van der Waals surface area (Å²) in [6, 6.07) is 13.9. The number of amides is 1. The van der Waals surface area contributed by atoms with Gasteiger partial charge in [0.2, 0.25) is 0 Å². The molecule has 0 bridgehead atoms. The minimum Gasteiger partial charge on any atom is -0.493 e. The van der Waals surface area contributed by atoms with E-state index in [-0.39, 0.29) is 12.1 Å². The maximum Gasteiger partial charge on any atom is 0.410 e. The SMILES string of the molecule is CCCOC(=O)N1CCc2c([nH]c3ccc(Cl)cc23)C1c1ccc(OCC2CCCCN(C)C2)cc1. The lowest BCUT2D eigenvalue weighted by Crippen LogP contribution is -2.41. The van der Waals surface area contributed by atoms with Crippen LogP contribution in [0.1, 0.15) is 55.5 Å². The summed E-state index contributed by atoms with van der Waals surface area (Å²) >= 11 is 6.31. The van der Waals surface area contributed by atoms with Gasteiger partial charge in [-0.1, -0.05) is 37.1 Å². The average Bonchev–Trinajstić information content (AvgIpc) is 3.11. The number of aromatic amines is 1. The van der Waals surface area contributed by atoms with Gasteiger partial charge in [-0.15, -0.1) is 0 Å². The Morgan fingerprint density at radius 3 is 2.78 bits per heavy atom. The first-order valence-corrected chi connectivity index (χ1v) is 13.6. The number of ether oxygens (including phenoxy) is 2. The lowest BCUT2D eigenvalue weighted by atomic mass is 9.92. The maximum absolute atomic E-state index is 13.1. The number of halogens is 1. The Balaban J connectivity index is 1.40. The van der Waals surface area contributed by atoms with Crippen LogP contribution in [0.15, 0.2) is 42.5 Å². The standard InChI is InChI=1S/C29H36ClN3O3/c1-3-16-35-29(34)33-15-13-24-25-17-22(30)9-12-26(25)31-27(24)28(33)21-7-10-23(11-8-21)36-19-20-6-4-5-14-32(2)18-20/h7-12,17,20,28,31H,3-6,13-16,18-19H2,1-2H3. The average molecular weight is 510 g/mol. The second kappa shape index (κ2) is 11.1. The fourth-order valence-corrected chi connectivity index (χ4v) is 5.78. The molecule has 1 fully saturated rings. The summed E-state index contributed by atoms with van der Waals surface area (Å²) < 4.78 is 11.8. The molecule has 192 valence electrons. The molecule has 0 spiro atoms. The smallest absolute Gasteiger partial charge is 0.410 e. The Kier molecular flexibility index (Phi) is 7.73. The van der Waals surface area contributed by atoms with Gasteiger partial charge in [-0.25, -0.2) is 4.79 Å². The minimum atomic E-state index is -0.276. The Labute approximate surface area is 218 Å². The van der Waals surface area contributed by atoms with Crippen molar-refractivity contribution in [3.8, 4) is 5.75 Å². The van der Waals surface area contributed by atoms with Crippen molar-refractivity contribution in [3.63, 3.8) is 0 Å². The summed E-state index contributed by atoms with van der Waals surface area (Å²) in [5.74, 6) is 1.42. The monoisotopic (exact) mass is 509 g/mol. The highest BCUT2D eigenvalue weighted by molar-refractivity contribution is 6.31. The topological polar surface area (TPSA) is 57.8 Å². The van der Waals surface area contributed by atoms with Crippen molar-refractivity contribution >= 4 is 28.6 Å². The van der Waals surface area contributed by atoms with Gasteiger partial charge in [0.15, 0.2) is 0 Å². The Morgan fingerprint density at radius 1 is 1.14 bits per heavy atom. The molecule has 2 aromatic carbocycles. The van der Waals surface area contributed by atoms with Crippen molar-refractivity contribution in [2.75, 3.05) is 39.9 Å². The highest BCUT2D eigenvalue weighted by Gasteiger charge is 2.35. The van der Waals surface area contributed by atoms with E-state index >= 15 is 0 Å². The molecule has 7 heteroatoms. The van der Waals surface area contributed by atoms with Crippen LogP contribution in [-0.2, 0) is 11.2 Å². The molecule has 1 N–H and O–H groups in total. The van der Waals surface area contributed by atoms with Crippen molar-refractivity contribution in [2.45, 2.75) is 45.1 Å². The lowest BCUT2D eigenvalue weighted by molar-refractivity contribution is 0.0889. The van der Waals surface area contributed by atoms with Gasteiger partial charge in [-0.3, -0.25) is 4.90 Å². The van der Waals surface area contributed by atoms with Crippen LogP contribution >= 0.6 is 11.6 Å². The summed E-state index contributed by atoms with van der Waals surface area (Å²) in [4.78, 5) is 20.9. The normalized spacial score (nSPS) is 20.7. The molecular formula is C29H36ClN3O3. The number of carbonyl (C=O) groups excluding carboxylic acids is 1. The molecule has 2 atom stereocenters. The first-order chi connectivity index (χ1) is 17.5. The lowest BCUT2D eigenvalue weighted by Gasteiger charge is -2.35. The van der Waals surface area contributed by atoms with Crippen molar-refractivity contribution in [3.05, 3.63) is 64.3 Å². The van der Waals surface area contributed by atoms with Gasteiger partial charge in [-0.05, 0) is 80.7 Å². The molecule has 3 heterocycles. The number of aromatic nitrogens is 1. The van der Waals surface area contributed by atoms with Crippen LogP contribution in [0.4, 0.5) is 4.79 Å². The van der Waals surface area contributed by atoms with E-state index in [1.54, 1.807) is 0 Å². The van der Waals surface area contributed by atoms with Crippen LogP contribution in [0.25, 0.3) is 10.9 Å². The van der Waals surface area contributed by atoms with E-state index in [2.05, 4.69) is 29.1 Å². The molecule has 1 saturated heterocycles. The highest BCUT2D eigenvalue weighted by Crippen LogP contribution is 2.39. The van der Waals surface area contributed by atoms with Gasteiger partial charge < -0.3 is 19.4 Å².